The van der Waals surface area contributed by atoms with Gasteiger partial charge in [0.1, 0.15) is 0 Å². The van der Waals surface area contributed by atoms with Crippen molar-refractivity contribution in [3.05, 3.63) is 29.3 Å². The Kier molecular flexibility index (Phi) is 6.25. The molecule has 0 bridgehead atoms. The molecule has 0 atom stereocenters. The van der Waals surface area contributed by atoms with Gasteiger partial charge in [0.2, 0.25) is 0 Å². The summed E-state index contributed by atoms with van der Waals surface area (Å²) < 4.78 is 0. The predicted octanol–water partition coefficient (Wildman–Crippen LogP) is 3.07. The first kappa shape index (κ1) is 16.8. The highest BCUT2D eigenvalue weighted by atomic mass is 16.4. The average Bonchev–Trinajstić information content (AvgIpc) is 2.51. The third kappa shape index (κ3) is 5.02. The van der Waals surface area contributed by atoms with Crippen molar-refractivity contribution in [3.8, 4) is 0 Å². The lowest BCUT2D eigenvalue weighted by molar-refractivity contribution is -0.136. The van der Waals surface area contributed by atoms with Crippen molar-refractivity contribution in [1.29, 1.82) is 0 Å². The second-order valence-electron chi connectivity index (χ2n) is 6.32. The average molecular weight is 304 g/mol. The Morgan fingerprint density at radius 2 is 1.91 bits per heavy atom. The molecule has 0 unspecified atom stereocenters. The van der Waals surface area contributed by atoms with Crippen LogP contribution in [0.15, 0.2) is 18.2 Å². The summed E-state index contributed by atoms with van der Waals surface area (Å²) in [4.78, 5) is 15.7. The first-order chi connectivity index (χ1) is 10.6. The first-order valence-electron chi connectivity index (χ1n) is 8.32. The lowest BCUT2D eigenvalue weighted by Gasteiger charge is -2.32. The van der Waals surface area contributed by atoms with E-state index in [2.05, 4.69) is 41.8 Å². The summed E-state index contributed by atoms with van der Waals surface area (Å²) in [5, 5.41) is 9.01. The second-order valence-corrected chi connectivity index (χ2v) is 6.32. The number of carboxylic acid groups (broad SMARTS) is 1. The number of rotatable bonds is 7. The molecule has 1 aliphatic heterocycles. The van der Waals surface area contributed by atoms with E-state index in [1.165, 1.54) is 49.2 Å². The van der Waals surface area contributed by atoms with Crippen molar-refractivity contribution in [1.82, 2.24) is 4.90 Å². The number of aliphatic carboxylic acids is 1. The maximum Gasteiger partial charge on any atom is 0.305 e. The van der Waals surface area contributed by atoms with Gasteiger partial charge in [0.15, 0.2) is 0 Å². The van der Waals surface area contributed by atoms with E-state index in [1.54, 1.807) is 0 Å². The molecule has 4 nitrogen and oxygen atoms in total. The highest BCUT2D eigenvalue weighted by molar-refractivity contribution is 5.68. The van der Waals surface area contributed by atoms with E-state index in [9.17, 15) is 4.79 Å². The normalized spacial score (nSPS) is 15.7. The summed E-state index contributed by atoms with van der Waals surface area (Å²) in [7, 11) is 0. The zero-order valence-electron chi connectivity index (χ0n) is 13.8. The molecule has 1 aromatic carbocycles. The molecule has 0 aromatic heterocycles. The van der Waals surface area contributed by atoms with E-state index in [-0.39, 0.29) is 6.42 Å². The first-order valence-corrected chi connectivity index (χ1v) is 8.32. The summed E-state index contributed by atoms with van der Waals surface area (Å²) in [6.45, 7) is 9.05. The fraction of sp³-hybridized carbons (Fsp3) is 0.611. The Balaban J connectivity index is 2.04. The maximum atomic E-state index is 11.0. The van der Waals surface area contributed by atoms with Gasteiger partial charge in [-0.15, -0.1) is 0 Å². The monoisotopic (exact) mass is 304 g/mol. The minimum atomic E-state index is -0.728. The van der Waals surface area contributed by atoms with Crippen LogP contribution in [0, 0.1) is 13.8 Å². The molecule has 22 heavy (non-hydrogen) atoms. The second kappa shape index (κ2) is 8.18. The fourth-order valence-corrected chi connectivity index (χ4v) is 3.09. The zero-order chi connectivity index (χ0) is 15.9. The van der Waals surface area contributed by atoms with Crippen LogP contribution in [-0.2, 0) is 4.79 Å². The minimum absolute atomic E-state index is 0.188. The lowest BCUT2D eigenvalue weighted by atomic mass is 10.1. The summed E-state index contributed by atoms with van der Waals surface area (Å²) >= 11 is 0. The van der Waals surface area contributed by atoms with Gasteiger partial charge in [-0.1, -0.05) is 18.6 Å². The SMILES string of the molecule is Cc1ccc(C)c(N(CCC(=O)O)CCN2CCCCC2)c1. The van der Waals surface area contributed by atoms with Gasteiger partial charge in [0.25, 0.3) is 0 Å². The van der Waals surface area contributed by atoms with Crippen molar-refractivity contribution < 1.29 is 9.90 Å². The fourth-order valence-electron chi connectivity index (χ4n) is 3.09. The molecular weight excluding hydrogens is 276 g/mol. The molecule has 122 valence electrons. The molecule has 4 heteroatoms. The molecular formula is C18H28N2O2. The Bertz CT molecular complexity index is 496. The van der Waals surface area contributed by atoms with Crippen LogP contribution < -0.4 is 4.90 Å². The van der Waals surface area contributed by atoms with Crippen LogP contribution in [0.5, 0.6) is 0 Å². The Morgan fingerprint density at radius 3 is 2.59 bits per heavy atom. The van der Waals surface area contributed by atoms with Gasteiger partial charge in [-0.2, -0.15) is 0 Å². The van der Waals surface area contributed by atoms with Gasteiger partial charge < -0.3 is 14.9 Å². The smallest absolute Gasteiger partial charge is 0.305 e. The molecule has 1 aromatic rings. The number of anilines is 1. The molecule has 1 aliphatic rings. The number of benzene rings is 1. The van der Waals surface area contributed by atoms with Gasteiger partial charge in [-0.3, -0.25) is 4.79 Å². The number of nitrogens with zero attached hydrogens (tertiary/aromatic N) is 2. The number of aryl methyl sites for hydroxylation is 2. The number of likely N-dealkylation sites (tertiary alicyclic amines) is 1. The molecule has 1 saturated heterocycles. The third-order valence-corrected chi connectivity index (χ3v) is 4.44. The highest BCUT2D eigenvalue weighted by Crippen LogP contribution is 2.22. The van der Waals surface area contributed by atoms with E-state index in [1.807, 2.05) is 0 Å². The molecule has 0 spiro atoms. The van der Waals surface area contributed by atoms with Crippen LogP contribution in [0.25, 0.3) is 0 Å². The summed E-state index contributed by atoms with van der Waals surface area (Å²) in [5.74, 6) is -0.728. The van der Waals surface area contributed by atoms with E-state index in [0.717, 1.165) is 13.1 Å². The molecule has 0 radical (unpaired) electrons. The van der Waals surface area contributed by atoms with E-state index in [4.69, 9.17) is 5.11 Å². The summed E-state index contributed by atoms with van der Waals surface area (Å²) in [6.07, 6.45) is 4.11. The standard InChI is InChI=1S/C18H28N2O2/c1-15-6-7-16(2)17(14-15)20(11-8-18(21)22)13-12-19-9-4-3-5-10-19/h6-7,14H,3-5,8-13H2,1-2H3,(H,21,22). The minimum Gasteiger partial charge on any atom is -0.481 e. The van der Waals surface area contributed by atoms with Gasteiger partial charge in [-0.05, 0) is 57.0 Å². The van der Waals surface area contributed by atoms with Crippen LogP contribution >= 0.6 is 0 Å². The van der Waals surface area contributed by atoms with E-state index < -0.39 is 5.97 Å². The molecule has 0 amide bonds. The van der Waals surface area contributed by atoms with Crippen LogP contribution in [0.2, 0.25) is 0 Å². The van der Waals surface area contributed by atoms with E-state index in [0.29, 0.717) is 6.54 Å². The van der Waals surface area contributed by atoms with Crippen LogP contribution in [0.1, 0.15) is 36.8 Å². The summed E-state index contributed by atoms with van der Waals surface area (Å²) in [6, 6.07) is 6.41. The van der Waals surface area contributed by atoms with Crippen molar-refractivity contribution >= 4 is 11.7 Å². The van der Waals surface area contributed by atoms with Gasteiger partial charge in [-0.25, -0.2) is 0 Å². The number of hydrogen-bond acceptors (Lipinski definition) is 3. The molecule has 1 N–H and O–H groups in total. The number of hydrogen-bond donors (Lipinski definition) is 1. The Labute approximate surface area is 133 Å². The quantitative estimate of drug-likeness (QED) is 0.841. The van der Waals surface area contributed by atoms with E-state index >= 15 is 0 Å². The molecule has 0 aliphatic carbocycles. The number of carbonyl (C=O) groups is 1. The zero-order valence-corrected chi connectivity index (χ0v) is 13.8. The molecule has 2 rings (SSSR count). The Morgan fingerprint density at radius 1 is 1.18 bits per heavy atom. The lowest BCUT2D eigenvalue weighted by Crippen LogP contribution is -2.39. The molecule has 1 heterocycles. The topological polar surface area (TPSA) is 43.8 Å². The van der Waals surface area contributed by atoms with Crippen molar-refractivity contribution in [2.24, 2.45) is 0 Å². The van der Waals surface area contributed by atoms with Crippen LogP contribution in [-0.4, -0.2) is 48.7 Å². The van der Waals surface area contributed by atoms with Crippen molar-refractivity contribution in [3.63, 3.8) is 0 Å². The largest absolute Gasteiger partial charge is 0.481 e. The number of carboxylic acids is 1. The van der Waals surface area contributed by atoms with Gasteiger partial charge in [0, 0.05) is 25.3 Å². The van der Waals surface area contributed by atoms with Crippen LogP contribution in [0.3, 0.4) is 0 Å². The van der Waals surface area contributed by atoms with Gasteiger partial charge >= 0.3 is 5.97 Å². The molecule has 1 fully saturated rings. The predicted molar refractivity (Wildman–Crippen MR) is 90.7 cm³/mol. The van der Waals surface area contributed by atoms with Crippen molar-refractivity contribution in [2.75, 3.05) is 37.6 Å². The van der Waals surface area contributed by atoms with Crippen molar-refractivity contribution in [2.45, 2.75) is 39.5 Å². The van der Waals surface area contributed by atoms with Gasteiger partial charge in [0.05, 0.1) is 6.42 Å². The highest BCUT2D eigenvalue weighted by Gasteiger charge is 2.15. The Hall–Kier alpha value is -1.55. The summed E-state index contributed by atoms with van der Waals surface area (Å²) in [5.41, 5.74) is 3.62. The molecule has 0 saturated carbocycles. The van der Waals surface area contributed by atoms with Crippen LogP contribution in [0.4, 0.5) is 5.69 Å². The number of piperidine rings is 1. The third-order valence-electron chi connectivity index (χ3n) is 4.44. The maximum absolute atomic E-state index is 11.0.